The Kier molecular flexibility index (Phi) is 3.57. The molecule has 0 aliphatic rings. The SMILES string of the molecule is Nc1ccc(-c2cccc(Cl)c2)cc1OC(F)(F)F. The van der Waals surface area contributed by atoms with Gasteiger partial charge in [0.15, 0.2) is 5.75 Å². The van der Waals surface area contributed by atoms with Crippen molar-refractivity contribution in [2.75, 3.05) is 5.73 Å². The maximum Gasteiger partial charge on any atom is 0.573 e. The van der Waals surface area contributed by atoms with Gasteiger partial charge in [0.2, 0.25) is 0 Å². The molecule has 2 aromatic carbocycles. The molecular formula is C13H9ClF3NO. The van der Waals surface area contributed by atoms with Crippen LogP contribution >= 0.6 is 11.6 Å². The lowest BCUT2D eigenvalue weighted by atomic mass is 10.1. The van der Waals surface area contributed by atoms with Crippen LogP contribution < -0.4 is 10.5 Å². The number of benzene rings is 2. The molecule has 6 heteroatoms. The summed E-state index contributed by atoms with van der Waals surface area (Å²) < 4.78 is 40.5. The van der Waals surface area contributed by atoms with E-state index in [1.807, 2.05) is 0 Å². The Bertz CT molecular complexity index is 599. The van der Waals surface area contributed by atoms with Gasteiger partial charge in [0.05, 0.1) is 5.69 Å². The van der Waals surface area contributed by atoms with Crippen LogP contribution in [0.4, 0.5) is 18.9 Å². The first-order valence-electron chi connectivity index (χ1n) is 5.26. The van der Waals surface area contributed by atoms with E-state index in [1.165, 1.54) is 12.1 Å². The highest BCUT2D eigenvalue weighted by Gasteiger charge is 2.32. The van der Waals surface area contributed by atoms with Crippen molar-refractivity contribution in [3.8, 4) is 16.9 Å². The zero-order valence-electron chi connectivity index (χ0n) is 9.54. The van der Waals surface area contributed by atoms with E-state index >= 15 is 0 Å². The number of nitrogen functional groups attached to an aromatic ring is 1. The number of ether oxygens (including phenoxy) is 1. The van der Waals surface area contributed by atoms with Gasteiger partial charge in [-0.3, -0.25) is 0 Å². The summed E-state index contributed by atoms with van der Waals surface area (Å²) in [6.45, 7) is 0. The molecular weight excluding hydrogens is 279 g/mol. The van der Waals surface area contributed by atoms with E-state index < -0.39 is 12.1 Å². The van der Waals surface area contributed by atoms with Crippen LogP contribution in [-0.2, 0) is 0 Å². The van der Waals surface area contributed by atoms with Crippen LogP contribution in [0, 0.1) is 0 Å². The number of anilines is 1. The first-order chi connectivity index (χ1) is 8.85. The van der Waals surface area contributed by atoms with Crippen LogP contribution in [-0.4, -0.2) is 6.36 Å². The zero-order valence-corrected chi connectivity index (χ0v) is 10.3. The minimum absolute atomic E-state index is 0.0805. The van der Waals surface area contributed by atoms with Gasteiger partial charge >= 0.3 is 6.36 Å². The highest BCUT2D eigenvalue weighted by Crippen LogP contribution is 2.33. The molecule has 2 aromatic rings. The van der Waals surface area contributed by atoms with Crippen LogP contribution in [0.1, 0.15) is 0 Å². The second-order valence-corrected chi connectivity index (χ2v) is 4.25. The Labute approximate surface area is 112 Å². The third-order valence-electron chi connectivity index (χ3n) is 2.40. The first kappa shape index (κ1) is 13.5. The summed E-state index contributed by atoms with van der Waals surface area (Å²) in [5.74, 6) is -0.426. The lowest BCUT2D eigenvalue weighted by Gasteiger charge is -2.12. The van der Waals surface area contributed by atoms with Gasteiger partial charge in [-0.05, 0) is 35.4 Å². The molecule has 2 nitrogen and oxygen atoms in total. The van der Waals surface area contributed by atoms with Crippen molar-refractivity contribution in [1.29, 1.82) is 0 Å². The standard InChI is InChI=1S/C13H9ClF3NO/c14-10-3-1-2-8(6-10)9-4-5-11(18)12(7-9)19-13(15,16)17/h1-7H,18H2. The van der Waals surface area contributed by atoms with Gasteiger partial charge in [-0.25, -0.2) is 0 Å². The predicted octanol–water partition coefficient (Wildman–Crippen LogP) is 4.49. The molecule has 0 aliphatic heterocycles. The Morgan fingerprint density at radius 2 is 1.68 bits per heavy atom. The van der Waals surface area contributed by atoms with E-state index in [2.05, 4.69) is 4.74 Å². The highest BCUT2D eigenvalue weighted by molar-refractivity contribution is 6.30. The van der Waals surface area contributed by atoms with E-state index in [0.717, 1.165) is 0 Å². The molecule has 0 heterocycles. The summed E-state index contributed by atoms with van der Waals surface area (Å²) >= 11 is 5.84. The molecule has 19 heavy (non-hydrogen) atoms. The normalized spacial score (nSPS) is 11.4. The van der Waals surface area contributed by atoms with E-state index in [0.29, 0.717) is 16.1 Å². The van der Waals surface area contributed by atoms with Gasteiger partial charge < -0.3 is 10.5 Å². The van der Waals surface area contributed by atoms with Crippen LogP contribution in [0.5, 0.6) is 5.75 Å². The molecule has 0 radical (unpaired) electrons. The minimum atomic E-state index is -4.78. The topological polar surface area (TPSA) is 35.2 Å². The Morgan fingerprint density at radius 3 is 2.32 bits per heavy atom. The van der Waals surface area contributed by atoms with Crippen LogP contribution in [0.3, 0.4) is 0 Å². The smallest absolute Gasteiger partial charge is 0.404 e. The van der Waals surface area contributed by atoms with Crippen molar-refractivity contribution in [3.05, 3.63) is 47.5 Å². The fraction of sp³-hybridized carbons (Fsp3) is 0.0769. The van der Waals surface area contributed by atoms with E-state index in [1.54, 1.807) is 30.3 Å². The summed E-state index contributed by atoms with van der Waals surface area (Å²) in [5.41, 5.74) is 6.59. The maximum absolute atomic E-state index is 12.2. The van der Waals surface area contributed by atoms with Crippen molar-refractivity contribution in [1.82, 2.24) is 0 Å². The summed E-state index contributed by atoms with van der Waals surface area (Å²) in [7, 11) is 0. The summed E-state index contributed by atoms with van der Waals surface area (Å²) in [6.07, 6.45) is -4.78. The molecule has 0 saturated heterocycles. The predicted molar refractivity (Wildman–Crippen MR) is 68.0 cm³/mol. The lowest BCUT2D eigenvalue weighted by molar-refractivity contribution is -0.274. The Morgan fingerprint density at radius 1 is 1.00 bits per heavy atom. The van der Waals surface area contributed by atoms with E-state index in [9.17, 15) is 13.2 Å². The summed E-state index contributed by atoms with van der Waals surface area (Å²) in [5, 5.41) is 0.493. The van der Waals surface area contributed by atoms with Crippen LogP contribution in [0.25, 0.3) is 11.1 Å². The highest BCUT2D eigenvalue weighted by atomic mass is 35.5. The third kappa shape index (κ3) is 3.54. The van der Waals surface area contributed by atoms with Crippen molar-refractivity contribution < 1.29 is 17.9 Å². The number of nitrogens with two attached hydrogens (primary N) is 1. The van der Waals surface area contributed by atoms with Crippen molar-refractivity contribution in [2.24, 2.45) is 0 Å². The molecule has 0 saturated carbocycles. The molecule has 0 unspecified atom stereocenters. The second kappa shape index (κ2) is 5.01. The van der Waals surface area contributed by atoms with Crippen LogP contribution in [0.15, 0.2) is 42.5 Å². The monoisotopic (exact) mass is 287 g/mol. The molecule has 2 rings (SSSR count). The van der Waals surface area contributed by atoms with Crippen molar-refractivity contribution >= 4 is 17.3 Å². The van der Waals surface area contributed by atoms with Crippen molar-refractivity contribution in [3.63, 3.8) is 0 Å². The number of rotatable bonds is 2. The Hall–Kier alpha value is -1.88. The fourth-order valence-electron chi connectivity index (χ4n) is 1.60. The summed E-state index contributed by atoms with van der Waals surface area (Å²) in [6, 6.07) is 10.9. The average Bonchev–Trinajstić information content (AvgIpc) is 2.30. The van der Waals surface area contributed by atoms with Gasteiger partial charge in [-0.15, -0.1) is 13.2 Å². The van der Waals surface area contributed by atoms with Gasteiger partial charge in [0, 0.05) is 5.02 Å². The van der Waals surface area contributed by atoms with E-state index in [-0.39, 0.29) is 5.69 Å². The molecule has 0 aromatic heterocycles. The molecule has 0 atom stereocenters. The fourth-order valence-corrected chi connectivity index (χ4v) is 1.79. The van der Waals surface area contributed by atoms with Gasteiger partial charge in [0.1, 0.15) is 0 Å². The first-order valence-corrected chi connectivity index (χ1v) is 5.64. The molecule has 2 N–H and O–H groups in total. The number of hydrogen-bond acceptors (Lipinski definition) is 2. The third-order valence-corrected chi connectivity index (χ3v) is 2.63. The Balaban J connectivity index is 2.41. The zero-order chi connectivity index (χ0) is 14.0. The largest absolute Gasteiger partial charge is 0.573 e. The molecule has 0 amide bonds. The van der Waals surface area contributed by atoms with Gasteiger partial charge in [0.25, 0.3) is 0 Å². The summed E-state index contributed by atoms with van der Waals surface area (Å²) in [4.78, 5) is 0. The maximum atomic E-state index is 12.2. The molecule has 0 bridgehead atoms. The lowest BCUT2D eigenvalue weighted by Crippen LogP contribution is -2.18. The molecule has 0 aliphatic carbocycles. The van der Waals surface area contributed by atoms with Crippen molar-refractivity contribution in [2.45, 2.75) is 6.36 Å². The van der Waals surface area contributed by atoms with Crippen LogP contribution in [0.2, 0.25) is 5.02 Å². The van der Waals surface area contributed by atoms with E-state index in [4.69, 9.17) is 17.3 Å². The molecule has 0 spiro atoms. The van der Waals surface area contributed by atoms with Gasteiger partial charge in [-0.1, -0.05) is 29.8 Å². The van der Waals surface area contributed by atoms with Gasteiger partial charge in [-0.2, -0.15) is 0 Å². The minimum Gasteiger partial charge on any atom is -0.404 e. The second-order valence-electron chi connectivity index (χ2n) is 3.81. The number of halogens is 4. The quantitative estimate of drug-likeness (QED) is 0.826. The molecule has 0 fully saturated rings. The number of alkyl halides is 3. The average molecular weight is 288 g/mol. The number of hydrogen-bond donors (Lipinski definition) is 1. The molecule has 100 valence electrons.